The Morgan fingerprint density at radius 3 is 2.50 bits per heavy atom. The Morgan fingerprint density at radius 1 is 1.10 bits per heavy atom. The van der Waals surface area contributed by atoms with Gasteiger partial charge in [-0.2, -0.15) is 0 Å². The first-order valence-corrected chi connectivity index (χ1v) is 8.06. The Morgan fingerprint density at radius 2 is 1.85 bits per heavy atom. The van der Waals surface area contributed by atoms with Gasteiger partial charge in [0, 0.05) is 32.3 Å². The molecule has 1 unspecified atom stereocenters. The van der Waals surface area contributed by atoms with Crippen molar-refractivity contribution in [3.63, 3.8) is 0 Å². The van der Waals surface area contributed by atoms with Gasteiger partial charge in [-0.15, -0.1) is 0 Å². The van der Waals surface area contributed by atoms with Crippen molar-refractivity contribution in [1.29, 1.82) is 0 Å². The van der Waals surface area contributed by atoms with Crippen LogP contribution in [-0.2, 0) is 4.74 Å². The molecule has 0 aromatic rings. The third-order valence-electron chi connectivity index (χ3n) is 4.93. The van der Waals surface area contributed by atoms with Crippen LogP contribution in [-0.4, -0.2) is 65.9 Å². The first-order valence-electron chi connectivity index (χ1n) is 8.06. The number of amides is 1. The second-order valence-electron chi connectivity index (χ2n) is 6.54. The van der Waals surface area contributed by atoms with Crippen LogP contribution < -0.4 is 0 Å². The molecule has 5 heteroatoms. The van der Waals surface area contributed by atoms with Crippen LogP contribution >= 0.6 is 0 Å². The summed E-state index contributed by atoms with van der Waals surface area (Å²) in [6, 6.07) is 0.554. The fraction of sp³-hybridized carbons (Fsp3) is 0.933. The van der Waals surface area contributed by atoms with E-state index in [1.165, 1.54) is 25.7 Å². The van der Waals surface area contributed by atoms with Gasteiger partial charge in [0.25, 0.3) is 0 Å². The number of carboxylic acid groups (broad SMARTS) is 1. The number of nitrogens with zero attached hydrogens (tertiary/aromatic N) is 2. The van der Waals surface area contributed by atoms with Gasteiger partial charge < -0.3 is 14.7 Å². The first kappa shape index (κ1) is 14.1. The monoisotopic (exact) mass is 282 g/mol. The maximum atomic E-state index is 10.9. The van der Waals surface area contributed by atoms with Crippen molar-refractivity contribution in [3.8, 4) is 0 Å². The van der Waals surface area contributed by atoms with Crippen molar-refractivity contribution in [2.45, 2.75) is 50.7 Å². The molecule has 5 nitrogen and oxygen atoms in total. The summed E-state index contributed by atoms with van der Waals surface area (Å²) in [5.74, 6) is 0.837. The SMILES string of the molecule is O=C(O)N1CCC(N2CCCC(OCC3CC3)C2)CC1. The number of ether oxygens (including phenoxy) is 1. The molecule has 1 atom stereocenters. The lowest BCUT2D eigenvalue weighted by molar-refractivity contribution is -0.0245. The standard InChI is InChI=1S/C15H26N2O3/c18-15(19)16-8-5-13(6-9-16)17-7-1-2-14(10-17)20-11-12-3-4-12/h12-14H,1-11H2,(H,18,19). The fourth-order valence-corrected chi connectivity index (χ4v) is 3.41. The highest BCUT2D eigenvalue weighted by Crippen LogP contribution is 2.30. The average Bonchev–Trinajstić information content (AvgIpc) is 3.30. The average molecular weight is 282 g/mol. The molecule has 1 aliphatic carbocycles. The van der Waals surface area contributed by atoms with Crippen molar-refractivity contribution in [3.05, 3.63) is 0 Å². The van der Waals surface area contributed by atoms with Gasteiger partial charge in [-0.3, -0.25) is 4.90 Å². The minimum atomic E-state index is -0.771. The summed E-state index contributed by atoms with van der Waals surface area (Å²) < 4.78 is 6.04. The summed E-state index contributed by atoms with van der Waals surface area (Å²) in [6.07, 6.45) is 6.69. The molecular weight excluding hydrogens is 256 g/mol. The Labute approximate surface area is 120 Å². The van der Waals surface area contributed by atoms with E-state index in [-0.39, 0.29) is 0 Å². The molecule has 114 valence electrons. The van der Waals surface area contributed by atoms with E-state index in [1.807, 2.05) is 0 Å². The molecule has 0 spiro atoms. The second-order valence-corrected chi connectivity index (χ2v) is 6.54. The van der Waals surface area contributed by atoms with E-state index in [1.54, 1.807) is 4.90 Å². The van der Waals surface area contributed by atoms with E-state index < -0.39 is 6.09 Å². The zero-order valence-electron chi connectivity index (χ0n) is 12.2. The lowest BCUT2D eigenvalue weighted by Crippen LogP contribution is -2.50. The summed E-state index contributed by atoms with van der Waals surface area (Å²) in [5.41, 5.74) is 0. The van der Waals surface area contributed by atoms with Crippen LogP contribution in [0.5, 0.6) is 0 Å². The third kappa shape index (κ3) is 3.64. The minimum Gasteiger partial charge on any atom is -0.465 e. The topological polar surface area (TPSA) is 53.0 Å². The number of carbonyl (C=O) groups is 1. The Bertz CT molecular complexity index is 338. The van der Waals surface area contributed by atoms with E-state index in [4.69, 9.17) is 9.84 Å². The molecule has 0 aromatic heterocycles. The number of hydrogen-bond donors (Lipinski definition) is 1. The van der Waals surface area contributed by atoms with E-state index in [0.29, 0.717) is 25.2 Å². The molecule has 2 saturated heterocycles. The molecule has 2 heterocycles. The zero-order valence-corrected chi connectivity index (χ0v) is 12.2. The highest BCUT2D eigenvalue weighted by molar-refractivity contribution is 5.65. The first-order chi connectivity index (χ1) is 9.72. The Balaban J connectivity index is 1.43. The highest BCUT2D eigenvalue weighted by Gasteiger charge is 2.31. The molecule has 1 saturated carbocycles. The van der Waals surface area contributed by atoms with Gasteiger partial charge in [-0.25, -0.2) is 4.79 Å². The molecule has 3 aliphatic rings. The highest BCUT2D eigenvalue weighted by atomic mass is 16.5. The van der Waals surface area contributed by atoms with Crippen LogP contribution in [0.15, 0.2) is 0 Å². The summed E-state index contributed by atoms with van der Waals surface area (Å²) >= 11 is 0. The summed E-state index contributed by atoms with van der Waals surface area (Å²) in [5, 5.41) is 9.00. The maximum absolute atomic E-state index is 10.9. The molecule has 3 rings (SSSR count). The van der Waals surface area contributed by atoms with Gasteiger partial charge in [0.05, 0.1) is 6.10 Å². The van der Waals surface area contributed by atoms with Gasteiger partial charge in [-0.1, -0.05) is 0 Å². The largest absolute Gasteiger partial charge is 0.465 e. The number of hydrogen-bond acceptors (Lipinski definition) is 3. The fourth-order valence-electron chi connectivity index (χ4n) is 3.41. The van der Waals surface area contributed by atoms with Crippen molar-refractivity contribution in [2.24, 2.45) is 5.92 Å². The molecule has 3 fully saturated rings. The van der Waals surface area contributed by atoms with Crippen LogP contribution in [0.3, 0.4) is 0 Å². The van der Waals surface area contributed by atoms with E-state index in [0.717, 1.165) is 38.5 Å². The van der Waals surface area contributed by atoms with Gasteiger partial charge in [0.1, 0.15) is 0 Å². The Hall–Kier alpha value is -0.810. The summed E-state index contributed by atoms with van der Waals surface area (Å²) in [4.78, 5) is 15.0. The summed E-state index contributed by atoms with van der Waals surface area (Å²) in [6.45, 7) is 4.52. The predicted octanol–water partition coefficient (Wildman–Crippen LogP) is 2.02. The van der Waals surface area contributed by atoms with E-state index >= 15 is 0 Å². The van der Waals surface area contributed by atoms with Crippen molar-refractivity contribution < 1.29 is 14.6 Å². The van der Waals surface area contributed by atoms with E-state index in [2.05, 4.69) is 4.90 Å². The van der Waals surface area contributed by atoms with Crippen LogP contribution in [0.2, 0.25) is 0 Å². The molecule has 0 radical (unpaired) electrons. The van der Waals surface area contributed by atoms with Crippen LogP contribution in [0.1, 0.15) is 38.5 Å². The van der Waals surface area contributed by atoms with Crippen molar-refractivity contribution >= 4 is 6.09 Å². The van der Waals surface area contributed by atoms with Crippen LogP contribution in [0.25, 0.3) is 0 Å². The summed E-state index contributed by atoms with van der Waals surface area (Å²) in [7, 11) is 0. The van der Waals surface area contributed by atoms with E-state index in [9.17, 15) is 4.79 Å². The van der Waals surface area contributed by atoms with Crippen LogP contribution in [0, 0.1) is 5.92 Å². The molecule has 0 aromatic carbocycles. The molecular formula is C15H26N2O3. The normalized spacial score (nSPS) is 29.6. The molecule has 1 N–H and O–H groups in total. The number of piperidine rings is 2. The predicted molar refractivity (Wildman–Crippen MR) is 75.9 cm³/mol. The van der Waals surface area contributed by atoms with Gasteiger partial charge >= 0.3 is 6.09 Å². The molecule has 2 aliphatic heterocycles. The van der Waals surface area contributed by atoms with Gasteiger partial charge in [0.2, 0.25) is 0 Å². The number of likely N-dealkylation sites (tertiary alicyclic amines) is 2. The lowest BCUT2D eigenvalue weighted by Gasteiger charge is -2.41. The van der Waals surface area contributed by atoms with Gasteiger partial charge in [-0.05, 0) is 51.0 Å². The Kier molecular flexibility index (Phi) is 4.46. The lowest BCUT2D eigenvalue weighted by atomic mass is 9.99. The second kappa shape index (κ2) is 6.31. The molecule has 20 heavy (non-hydrogen) atoms. The molecule has 1 amide bonds. The van der Waals surface area contributed by atoms with Crippen molar-refractivity contribution in [2.75, 3.05) is 32.8 Å². The smallest absolute Gasteiger partial charge is 0.407 e. The van der Waals surface area contributed by atoms with Crippen LogP contribution in [0.4, 0.5) is 4.79 Å². The van der Waals surface area contributed by atoms with Crippen molar-refractivity contribution in [1.82, 2.24) is 9.80 Å². The number of rotatable bonds is 4. The third-order valence-corrected chi connectivity index (χ3v) is 4.93. The van der Waals surface area contributed by atoms with Gasteiger partial charge in [0.15, 0.2) is 0 Å². The maximum Gasteiger partial charge on any atom is 0.407 e. The molecule has 0 bridgehead atoms. The quantitative estimate of drug-likeness (QED) is 0.857. The zero-order chi connectivity index (χ0) is 13.9. The minimum absolute atomic E-state index is 0.404.